The van der Waals surface area contributed by atoms with Crippen LogP contribution in [0.4, 0.5) is 13.2 Å². The number of alkyl halides is 2. The minimum Gasteiger partial charge on any atom is -0.212 e. The van der Waals surface area contributed by atoms with Gasteiger partial charge in [-0.3, -0.25) is 0 Å². The molecule has 0 atom stereocenters. The van der Waals surface area contributed by atoms with E-state index in [1.54, 1.807) is 24.3 Å². The van der Waals surface area contributed by atoms with Gasteiger partial charge in [0.25, 0.3) is 6.43 Å². The number of benzene rings is 2. The number of aromatic nitrogens is 3. The van der Waals surface area contributed by atoms with E-state index in [1.807, 2.05) is 0 Å². The van der Waals surface area contributed by atoms with Gasteiger partial charge in [0.15, 0.2) is 0 Å². The smallest absolute Gasteiger partial charge is 0.212 e. The molecule has 2 aromatic carbocycles. The Hall–Kier alpha value is -1.73. The van der Waals surface area contributed by atoms with Crippen LogP contribution in [-0.2, 0) is 0 Å². The standard InChI is InChI=1S/C13H7ClF3N3S/c14-21-10-6-5-9(11(12(10)15)13(16)17)20-8-4-2-1-3-7(8)18-19-20/h1-6,13H. The summed E-state index contributed by atoms with van der Waals surface area (Å²) >= 11 is 0. The van der Waals surface area contributed by atoms with Crippen molar-refractivity contribution in [2.24, 2.45) is 0 Å². The van der Waals surface area contributed by atoms with Gasteiger partial charge in [0.1, 0.15) is 11.3 Å². The summed E-state index contributed by atoms with van der Waals surface area (Å²) in [5, 5.41) is 7.71. The second kappa shape index (κ2) is 5.57. The summed E-state index contributed by atoms with van der Waals surface area (Å²) in [5.41, 5.74) is 0.265. The van der Waals surface area contributed by atoms with Gasteiger partial charge in [-0.15, -0.1) is 5.10 Å². The SMILES string of the molecule is Fc1c(SCl)ccc(-n2nnc3ccccc32)c1C(F)F. The predicted molar refractivity (Wildman–Crippen MR) is 75.5 cm³/mol. The van der Waals surface area contributed by atoms with Crippen molar-refractivity contribution in [3.8, 4) is 5.69 Å². The molecule has 0 saturated heterocycles. The van der Waals surface area contributed by atoms with Crippen molar-refractivity contribution in [2.75, 3.05) is 0 Å². The van der Waals surface area contributed by atoms with Crippen molar-refractivity contribution in [2.45, 2.75) is 11.3 Å². The maximum atomic E-state index is 14.1. The van der Waals surface area contributed by atoms with Crippen LogP contribution in [0.15, 0.2) is 41.3 Å². The van der Waals surface area contributed by atoms with Crippen LogP contribution >= 0.6 is 21.7 Å². The molecule has 3 nitrogen and oxygen atoms in total. The van der Waals surface area contributed by atoms with Gasteiger partial charge >= 0.3 is 0 Å². The number of nitrogens with zero attached hydrogens (tertiary/aromatic N) is 3. The quantitative estimate of drug-likeness (QED) is 0.695. The van der Waals surface area contributed by atoms with Crippen LogP contribution in [-0.4, -0.2) is 15.0 Å². The summed E-state index contributed by atoms with van der Waals surface area (Å²) in [5.74, 6) is -1.04. The van der Waals surface area contributed by atoms with E-state index in [0.717, 1.165) is 0 Å². The lowest BCUT2D eigenvalue weighted by atomic mass is 10.1. The molecule has 3 rings (SSSR count). The van der Waals surface area contributed by atoms with E-state index in [2.05, 4.69) is 10.3 Å². The third kappa shape index (κ3) is 2.36. The second-order valence-corrected chi connectivity index (χ2v) is 5.24. The first-order valence-corrected chi connectivity index (χ1v) is 7.47. The molecule has 108 valence electrons. The fourth-order valence-electron chi connectivity index (χ4n) is 2.06. The Kier molecular flexibility index (Phi) is 3.77. The first-order chi connectivity index (χ1) is 10.1. The highest BCUT2D eigenvalue weighted by atomic mass is 35.7. The maximum absolute atomic E-state index is 14.1. The van der Waals surface area contributed by atoms with Crippen LogP contribution in [0.25, 0.3) is 16.7 Å². The summed E-state index contributed by atoms with van der Waals surface area (Å²) in [6, 6.07) is 9.54. The lowest BCUT2D eigenvalue weighted by Gasteiger charge is -2.12. The molecule has 0 aliphatic heterocycles. The van der Waals surface area contributed by atoms with Crippen LogP contribution in [0.1, 0.15) is 12.0 Å². The predicted octanol–water partition coefficient (Wildman–Crippen LogP) is 4.74. The van der Waals surface area contributed by atoms with Crippen LogP contribution < -0.4 is 0 Å². The largest absolute Gasteiger partial charge is 0.268 e. The molecule has 0 bridgehead atoms. The molecule has 1 aromatic heterocycles. The maximum Gasteiger partial charge on any atom is 0.268 e. The fraction of sp³-hybridized carbons (Fsp3) is 0.0769. The van der Waals surface area contributed by atoms with Gasteiger partial charge in [0.05, 0.1) is 21.7 Å². The molecule has 0 spiro atoms. The van der Waals surface area contributed by atoms with E-state index in [1.165, 1.54) is 16.8 Å². The fourth-order valence-corrected chi connectivity index (χ4v) is 2.72. The van der Waals surface area contributed by atoms with Crippen LogP contribution in [0.2, 0.25) is 0 Å². The van der Waals surface area contributed by atoms with E-state index in [-0.39, 0.29) is 10.6 Å². The molecule has 0 saturated carbocycles. The summed E-state index contributed by atoms with van der Waals surface area (Å²) in [6.45, 7) is 0. The Morgan fingerprint density at radius 1 is 1.14 bits per heavy atom. The van der Waals surface area contributed by atoms with Gasteiger partial charge in [-0.1, -0.05) is 17.3 Å². The lowest BCUT2D eigenvalue weighted by molar-refractivity contribution is 0.145. The zero-order chi connectivity index (χ0) is 15.0. The number of hydrogen-bond acceptors (Lipinski definition) is 3. The highest BCUT2D eigenvalue weighted by Gasteiger charge is 2.24. The van der Waals surface area contributed by atoms with Gasteiger partial charge in [-0.2, -0.15) is 0 Å². The van der Waals surface area contributed by atoms with E-state index in [9.17, 15) is 13.2 Å². The molecule has 1 heterocycles. The minimum absolute atomic E-state index is 0.0503. The zero-order valence-corrected chi connectivity index (χ0v) is 11.9. The molecule has 0 amide bonds. The molecular formula is C13H7ClF3N3S. The van der Waals surface area contributed by atoms with Gasteiger partial charge in [-0.25, -0.2) is 17.9 Å². The number of fused-ring (bicyclic) bond motifs is 1. The molecule has 0 fully saturated rings. The van der Waals surface area contributed by atoms with E-state index in [0.29, 0.717) is 22.0 Å². The highest BCUT2D eigenvalue weighted by Crippen LogP contribution is 2.36. The monoisotopic (exact) mass is 329 g/mol. The Labute approximate surface area is 126 Å². The van der Waals surface area contributed by atoms with Gasteiger partial charge in [0.2, 0.25) is 0 Å². The van der Waals surface area contributed by atoms with Crippen molar-refractivity contribution < 1.29 is 13.2 Å². The van der Waals surface area contributed by atoms with Crippen LogP contribution in [0.3, 0.4) is 0 Å². The third-order valence-electron chi connectivity index (χ3n) is 3.00. The number of para-hydroxylation sites is 1. The molecule has 0 aliphatic carbocycles. The zero-order valence-electron chi connectivity index (χ0n) is 10.3. The normalized spacial score (nSPS) is 11.5. The molecule has 8 heteroatoms. The van der Waals surface area contributed by atoms with Crippen molar-refractivity contribution in [1.82, 2.24) is 15.0 Å². The van der Waals surface area contributed by atoms with Crippen LogP contribution in [0.5, 0.6) is 0 Å². The van der Waals surface area contributed by atoms with Crippen molar-refractivity contribution >= 4 is 32.7 Å². The molecule has 21 heavy (non-hydrogen) atoms. The van der Waals surface area contributed by atoms with Gasteiger partial charge in [0, 0.05) is 0 Å². The third-order valence-corrected chi connectivity index (χ3v) is 3.98. The average molecular weight is 330 g/mol. The molecule has 0 N–H and O–H groups in total. The van der Waals surface area contributed by atoms with Crippen molar-refractivity contribution in [1.29, 1.82) is 0 Å². The van der Waals surface area contributed by atoms with Crippen molar-refractivity contribution in [3.05, 3.63) is 47.8 Å². The minimum atomic E-state index is -2.99. The summed E-state index contributed by atoms with van der Waals surface area (Å²) in [7, 11) is 6.03. The number of hydrogen-bond donors (Lipinski definition) is 0. The Bertz CT molecular complexity index is 806. The number of halogens is 4. The second-order valence-electron chi connectivity index (χ2n) is 4.18. The summed E-state index contributed by atoms with van der Waals surface area (Å²) in [4.78, 5) is -0.0554. The Morgan fingerprint density at radius 2 is 1.90 bits per heavy atom. The number of rotatable bonds is 3. The molecule has 3 aromatic rings. The van der Waals surface area contributed by atoms with Gasteiger partial charge in [-0.05, 0) is 45.9 Å². The lowest BCUT2D eigenvalue weighted by Crippen LogP contribution is -2.05. The van der Waals surface area contributed by atoms with E-state index >= 15 is 0 Å². The molecule has 0 radical (unpaired) electrons. The molecule has 0 aliphatic rings. The van der Waals surface area contributed by atoms with E-state index in [4.69, 9.17) is 10.7 Å². The molecule has 0 unspecified atom stereocenters. The van der Waals surface area contributed by atoms with Gasteiger partial charge < -0.3 is 0 Å². The Morgan fingerprint density at radius 3 is 2.62 bits per heavy atom. The average Bonchev–Trinajstić information content (AvgIpc) is 2.90. The van der Waals surface area contributed by atoms with Crippen molar-refractivity contribution in [3.63, 3.8) is 0 Å². The first-order valence-electron chi connectivity index (χ1n) is 5.83. The first kappa shape index (κ1) is 14.2. The summed E-state index contributed by atoms with van der Waals surface area (Å²) < 4.78 is 41.8. The highest BCUT2D eigenvalue weighted by molar-refractivity contribution is 8.21. The van der Waals surface area contributed by atoms with E-state index < -0.39 is 17.8 Å². The Balaban J connectivity index is 2.29. The topological polar surface area (TPSA) is 30.7 Å². The molecular weight excluding hydrogens is 323 g/mol. The van der Waals surface area contributed by atoms with Crippen LogP contribution in [0, 0.1) is 5.82 Å². The summed E-state index contributed by atoms with van der Waals surface area (Å²) in [6.07, 6.45) is -2.99.